The van der Waals surface area contributed by atoms with Gasteiger partial charge in [0.25, 0.3) is 0 Å². The van der Waals surface area contributed by atoms with Crippen LogP contribution in [-0.2, 0) is 11.3 Å². The lowest BCUT2D eigenvalue weighted by Gasteiger charge is -2.46. The molecule has 1 aromatic rings. The molecular formula is C17H25NO3. The van der Waals surface area contributed by atoms with Crippen molar-refractivity contribution in [3.05, 3.63) is 29.8 Å². The van der Waals surface area contributed by atoms with Gasteiger partial charge in [0.05, 0.1) is 18.8 Å². The van der Waals surface area contributed by atoms with Crippen LogP contribution in [0, 0.1) is 0 Å². The predicted octanol–water partition coefficient (Wildman–Crippen LogP) is 2.20. The van der Waals surface area contributed by atoms with Gasteiger partial charge in [0.2, 0.25) is 0 Å². The quantitative estimate of drug-likeness (QED) is 0.927. The smallest absolute Gasteiger partial charge is 0.123 e. The summed E-state index contributed by atoms with van der Waals surface area (Å²) in [5, 5.41) is 10.3. The number of nitrogens with zero attached hydrogens (tertiary/aromatic N) is 1. The molecule has 1 spiro atoms. The van der Waals surface area contributed by atoms with Crippen LogP contribution < -0.4 is 4.74 Å². The highest BCUT2D eigenvalue weighted by Gasteiger charge is 2.43. The predicted molar refractivity (Wildman–Crippen MR) is 81.4 cm³/mol. The number of aliphatic hydroxyl groups is 1. The Labute approximate surface area is 126 Å². The molecule has 0 bridgehead atoms. The Bertz CT molecular complexity index is 469. The summed E-state index contributed by atoms with van der Waals surface area (Å²) >= 11 is 0. The Morgan fingerprint density at radius 2 is 2.10 bits per heavy atom. The zero-order chi connectivity index (χ0) is 14.7. The molecule has 0 unspecified atom stereocenters. The maximum absolute atomic E-state index is 10.3. The Morgan fingerprint density at radius 3 is 2.81 bits per heavy atom. The highest BCUT2D eigenvalue weighted by atomic mass is 16.5. The van der Waals surface area contributed by atoms with E-state index in [1.807, 2.05) is 12.1 Å². The lowest BCUT2D eigenvalue weighted by atomic mass is 9.82. The molecule has 21 heavy (non-hydrogen) atoms. The summed E-state index contributed by atoms with van der Waals surface area (Å²) in [5.74, 6) is 0.951. The summed E-state index contributed by atoms with van der Waals surface area (Å²) in [6, 6.07) is 8.18. The second-order valence-electron chi connectivity index (χ2n) is 6.16. The van der Waals surface area contributed by atoms with E-state index in [0.29, 0.717) is 0 Å². The van der Waals surface area contributed by atoms with E-state index < -0.39 is 0 Å². The van der Waals surface area contributed by atoms with E-state index in [4.69, 9.17) is 9.47 Å². The van der Waals surface area contributed by atoms with Crippen LogP contribution in [0.5, 0.6) is 5.75 Å². The summed E-state index contributed by atoms with van der Waals surface area (Å²) in [7, 11) is 1.72. The first-order valence-corrected chi connectivity index (χ1v) is 7.90. The molecule has 1 atom stereocenters. The van der Waals surface area contributed by atoms with E-state index in [1.54, 1.807) is 7.11 Å². The summed E-state index contributed by atoms with van der Waals surface area (Å²) in [6.45, 7) is 3.63. The van der Waals surface area contributed by atoms with E-state index in [0.717, 1.165) is 57.7 Å². The van der Waals surface area contributed by atoms with Crippen LogP contribution >= 0.6 is 0 Å². The minimum atomic E-state index is -0.292. The monoisotopic (exact) mass is 291 g/mol. The average molecular weight is 291 g/mol. The van der Waals surface area contributed by atoms with E-state index in [1.165, 1.54) is 5.56 Å². The highest BCUT2D eigenvalue weighted by molar-refractivity contribution is 5.33. The van der Waals surface area contributed by atoms with Crippen LogP contribution in [0.15, 0.2) is 24.3 Å². The first kappa shape index (κ1) is 14.8. The normalized spacial score (nSPS) is 25.9. The molecular weight excluding hydrogens is 266 g/mol. The van der Waals surface area contributed by atoms with Gasteiger partial charge in [-0.2, -0.15) is 0 Å². The Hall–Kier alpha value is -1.10. The zero-order valence-corrected chi connectivity index (χ0v) is 12.8. The largest absolute Gasteiger partial charge is 0.496 e. The third kappa shape index (κ3) is 3.07. The number of para-hydroxylation sites is 1. The van der Waals surface area contributed by atoms with Crippen LogP contribution in [-0.4, -0.2) is 48.5 Å². The molecule has 2 heterocycles. The van der Waals surface area contributed by atoms with Crippen LogP contribution in [0.4, 0.5) is 0 Å². The minimum absolute atomic E-state index is 0.282. The number of likely N-dealkylation sites (tertiary alicyclic amines) is 1. The number of aliphatic hydroxyl groups excluding tert-OH is 1. The molecule has 2 aliphatic heterocycles. The minimum Gasteiger partial charge on any atom is -0.496 e. The molecule has 2 fully saturated rings. The summed E-state index contributed by atoms with van der Waals surface area (Å²) in [4.78, 5) is 2.42. The molecule has 2 saturated heterocycles. The van der Waals surface area contributed by atoms with Gasteiger partial charge < -0.3 is 14.6 Å². The van der Waals surface area contributed by atoms with E-state index in [-0.39, 0.29) is 11.7 Å². The SMILES string of the molecule is COc1ccccc1CN1CCC2(CC1)OCCC[C@H]2O. The number of hydrogen-bond acceptors (Lipinski definition) is 4. The number of hydrogen-bond donors (Lipinski definition) is 1. The second kappa shape index (κ2) is 6.34. The maximum Gasteiger partial charge on any atom is 0.123 e. The van der Waals surface area contributed by atoms with Gasteiger partial charge in [-0.25, -0.2) is 0 Å². The molecule has 116 valence electrons. The summed E-state index contributed by atoms with van der Waals surface area (Å²) in [5.41, 5.74) is 0.941. The molecule has 2 aliphatic rings. The topological polar surface area (TPSA) is 41.9 Å². The van der Waals surface area contributed by atoms with Gasteiger partial charge in [-0.3, -0.25) is 4.90 Å². The van der Waals surface area contributed by atoms with Crippen molar-refractivity contribution in [2.24, 2.45) is 0 Å². The summed E-state index contributed by atoms with van der Waals surface area (Å²) < 4.78 is 11.4. The van der Waals surface area contributed by atoms with Crippen molar-refractivity contribution in [1.82, 2.24) is 4.90 Å². The van der Waals surface area contributed by atoms with Crippen molar-refractivity contribution >= 4 is 0 Å². The third-order valence-corrected chi connectivity index (χ3v) is 4.91. The van der Waals surface area contributed by atoms with Gasteiger partial charge in [-0.15, -0.1) is 0 Å². The Balaban J connectivity index is 1.61. The van der Waals surface area contributed by atoms with Gasteiger partial charge in [-0.1, -0.05) is 18.2 Å². The van der Waals surface area contributed by atoms with Crippen molar-refractivity contribution in [2.45, 2.75) is 43.9 Å². The molecule has 4 nitrogen and oxygen atoms in total. The first-order chi connectivity index (χ1) is 10.2. The molecule has 0 amide bonds. The van der Waals surface area contributed by atoms with Crippen molar-refractivity contribution in [2.75, 3.05) is 26.8 Å². The fourth-order valence-corrected chi connectivity index (χ4v) is 3.55. The van der Waals surface area contributed by atoms with Crippen molar-refractivity contribution in [3.63, 3.8) is 0 Å². The molecule has 0 saturated carbocycles. The van der Waals surface area contributed by atoms with Gasteiger partial charge in [0.1, 0.15) is 5.75 Å². The van der Waals surface area contributed by atoms with Crippen LogP contribution in [0.2, 0.25) is 0 Å². The maximum atomic E-state index is 10.3. The van der Waals surface area contributed by atoms with Gasteiger partial charge >= 0.3 is 0 Å². The molecule has 4 heteroatoms. The molecule has 0 radical (unpaired) electrons. The van der Waals surface area contributed by atoms with Crippen molar-refractivity contribution in [3.8, 4) is 5.75 Å². The standard InChI is InChI=1S/C17H25NO3/c1-20-15-6-3-2-5-14(15)13-18-10-8-17(9-11-18)16(19)7-4-12-21-17/h2-3,5-6,16,19H,4,7-13H2,1H3/t16-/m1/s1. The average Bonchev–Trinajstić information content (AvgIpc) is 2.53. The lowest BCUT2D eigenvalue weighted by Crippen LogP contribution is -2.55. The molecule has 1 N–H and O–H groups in total. The first-order valence-electron chi connectivity index (χ1n) is 7.90. The Morgan fingerprint density at radius 1 is 1.33 bits per heavy atom. The van der Waals surface area contributed by atoms with E-state index >= 15 is 0 Å². The lowest BCUT2D eigenvalue weighted by molar-refractivity contribution is -0.177. The van der Waals surface area contributed by atoms with Crippen molar-refractivity contribution in [1.29, 1.82) is 0 Å². The van der Waals surface area contributed by atoms with Gasteiger partial charge in [0.15, 0.2) is 0 Å². The number of piperidine rings is 1. The number of methoxy groups -OCH3 is 1. The molecule has 1 aromatic carbocycles. The van der Waals surface area contributed by atoms with Crippen LogP contribution in [0.25, 0.3) is 0 Å². The van der Waals surface area contributed by atoms with Gasteiger partial charge in [0, 0.05) is 31.8 Å². The van der Waals surface area contributed by atoms with Gasteiger partial charge in [-0.05, 0) is 31.7 Å². The Kier molecular flexibility index (Phi) is 4.48. The second-order valence-corrected chi connectivity index (χ2v) is 6.16. The van der Waals surface area contributed by atoms with E-state index in [9.17, 15) is 5.11 Å². The van der Waals surface area contributed by atoms with Crippen LogP contribution in [0.1, 0.15) is 31.2 Å². The number of benzene rings is 1. The van der Waals surface area contributed by atoms with E-state index in [2.05, 4.69) is 17.0 Å². The van der Waals surface area contributed by atoms with Crippen molar-refractivity contribution < 1.29 is 14.6 Å². The fourth-order valence-electron chi connectivity index (χ4n) is 3.55. The zero-order valence-electron chi connectivity index (χ0n) is 12.8. The summed E-state index contributed by atoms with van der Waals surface area (Å²) in [6.07, 6.45) is 3.41. The third-order valence-electron chi connectivity index (χ3n) is 4.91. The van der Waals surface area contributed by atoms with Crippen LogP contribution in [0.3, 0.4) is 0 Å². The highest BCUT2D eigenvalue weighted by Crippen LogP contribution is 2.35. The molecule has 3 rings (SSSR count). The fraction of sp³-hybridized carbons (Fsp3) is 0.647. The number of ether oxygens (including phenoxy) is 2. The molecule has 0 aromatic heterocycles. The molecule has 0 aliphatic carbocycles. The number of rotatable bonds is 3.